The smallest absolute Gasteiger partial charge is 0.233 e. The zero-order valence-corrected chi connectivity index (χ0v) is 6.48. The molecule has 2 aromatic heterocycles. The van der Waals surface area contributed by atoms with E-state index in [0.29, 0.717) is 17.6 Å². The number of aromatic nitrogens is 4. The second-order valence-electron chi connectivity index (χ2n) is 2.30. The van der Waals surface area contributed by atoms with Crippen molar-refractivity contribution >= 4 is 29.3 Å². The van der Waals surface area contributed by atoms with E-state index in [1.54, 1.807) is 0 Å². The van der Waals surface area contributed by atoms with E-state index in [0.717, 1.165) is 0 Å². The lowest BCUT2D eigenvalue weighted by Crippen LogP contribution is -2.03. The van der Waals surface area contributed by atoms with Crippen LogP contribution in [-0.4, -0.2) is 26.3 Å². The first kappa shape index (κ1) is 7.47. The fourth-order valence-electron chi connectivity index (χ4n) is 0.973. The Morgan fingerprint density at radius 2 is 2.38 bits per heavy atom. The van der Waals surface area contributed by atoms with Gasteiger partial charge in [-0.3, -0.25) is 10.1 Å². The van der Waals surface area contributed by atoms with Crippen LogP contribution in [0.2, 0.25) is 0 Å². The molecule has 0 atom stereocenters. The molecule has 13 heavy (non-hydrogen) atoms. The van der Waals surface area contributed by atoms with Gasteiger partial charge in [0.15, 0.2) is 11.5 Å². The van der Waals surface area contributed by atoms with Crippen LogP contribution in [0, 0.1) is 0 Å². The molecule has 0 bridgehead atoms. The summed E-state index contributed by atoms with van der Waals surface area (Å²) in [7, 11) is 0. The van der Waals surface area contributed by atoms with Crippen LogP contribution < -0.4 is 11.1 Å². The molecule has 2 aromatic rings. The zero-order valence-electron chi connectivity index (χ0n) is 6.48. The number of carbonyl (C=O) groups is 1. The Hall–Kier alpha value is -2.18. The highest BCUT2D eigenvalue weighted by Gasteiger charge is 2.05. The van der Waals surface area contributed by atoms with E-state index in [-0.39, 0.29) is 11.8 Å². The molecule has 1 amide bonds. The van der Waals surface area contributed by atoms with Gasteiger partial charge in [-0.1, -0.05) is 0 Å². The first-order valence-electron chi connectivity index (χ1n) is 3.48. The number of amides is 1. The molecule has 0 saturated heterocycles. The second kappa shape index (κ2) is 2.70. The molecule has 0 aliphatic rings. The largest absolute Gasteiger partial charge is 0.382 e. The predicted octanol–water partition coefficient (Wildman–Crippen LogP) is -0.497. The maximum absolute atomic E-state index is 10.1. The Balaban J connectivity index is 2.62. The van der Waals surface area contributed by atoms with E-state index in [1.807, 2.05) is 0 Å². The Morgan fingerprint density at radius 3 is 3.15 bits per heavy atom. The summed E-state index contributed by atoms with van der Waals surface area (Å²) in [5, 5.41) is 2.29. The number of aromatic amines is 1. The number of imidazole rings is 1. The summed E-state index contributed by atoms with van der Waals surface area (Å²) in [6.07, 6.45) is 1.94. The van der Waals surface area contributed by atoms with Crippen LogP contribution in [-0.2, 0) is 4.79 Å². The van der Waals surface area contributed by atoms with Gasteiger partial charge in [0.1, 0.15) is 5.52 Å². The third kappa shape index (κ3) is 1.15. The molecule has 66 valence electrons. The third-order valence-corrected chi connectivity index (χ3v) is 1.50. The molecule has 0 aromatic carbocycles. The normalized spacial score (nSPS) is 10.2. The molecule has 0 radical (unpaired) electrons. The number of fused-ring (bicyclic) bond motifs is 1. The molecule has 7 nitrogen and oxygen atoms in total. The van der Waals surface area contributed by atoms with Gasteiger partial charge in [0, 0.05) is 0 Å². The van der Waals surface area contributed by atoms with Gasteiger partial charge < -0.3 is 10.7 Å². The van der Waals surface area contributed by atoms with Crippen molar-refractivity contribution in [3.63, 3.8) is 0 Å². The van der Waals surface area contributed by atoms with Crippen LogP contribution in [0.1, 0.15) is 0 Å². The molecule has 0 unspecified atom stereocenters. The maximum Gasteiger partial charge on any atom is 0.233 e. The summed E-state index contributed by atoms with van der Waals surface area (Å²) in [5.41, 5.74) is 6.55. The highest BCUT2D eigenvalue weighted by atomic mass is 16.1. The first-order valence-corrected chi connectivity index (χ1v) is 3.48. The SMILES string of the molecule is Nc1nc(NC=O)nc2nc[nH]c12. The van der Waals surface area contributed by atoms with Gasteiger partial charge in [0.05, 0.1) is 6.33 Å². The number of nitrogens with zero attached hydrogens (tertiary/aromatic N) is 3. The van der Waals surface area contributed by atoms with E-state index in [9.17, 15) is 4.79 Å². The summed E-state index contributed by atoms with van der Waals surface area (Å²) >= 11 is 0. The highest BCUT2D eigenvalue weighted by Crippen LogP contribution is 2.14. The quantitative estimate of drug-likeness (QED) is 0.537. The van der Waals surface area contributed by atoms with Gasteiger partial charge in [-0.15, -0.1) is 0 Å². The summed E-state index contributed by atoms with van der Waals surface area (Å²) in [5.74, 6) is 0.402. The number of hydrogen-bond donors (Lipinski definition) is 3. The molecule has 2 rings (SSSR count). The van der Waals surface area contributed by atoms with Gasteiger partial charge >= 0.3 is 0 Å². The van der Waals surface area contributed by atoms with Crippen molar-refractivity contribution in [2.45, 2.75) is 0 Å². The topological polar surface area (TPSA) is 110 Å². The molecule has 0 spiro atoms. The van der Waals surface area contributed by atoms with Crippen molar-refractivity contribution in [3.05, 3.63) is 6.33 Å². The molecule has 4 N–H and O–H groups in total. The molecule has 0 fully saturated rings. The Bertz CT molecular complexity index is 449. The molecular weight excluding hydrogens is 172 g/mol. The Morgan fingerprint density at radius 1 is 1.54 bits per heavy atom. The lowest BCUT2D eigenvalue weighted by molar-refractivity contribution is -0.105. The van der Waals surface area contributed by atoms with Gasteiger partial charge in [0.25, 0.3) is 0 Å². The maximum atomic E-state index is 10.1. The van der Waals surface area contributed by atoms with Crippen LogP contribution in [0.15, 0.2) is 6.33 Å². The van der Waals surface area contributed by atoms with Crippen LogP contribution in [0.4, 0.5) is 11.8 Å². The number of nitrogens with one attached hydrogen (secondary N) is 2. The molecule has 0 aliphatic carbocycles. The van der Waals surface area contributed by atoms with Gasteiger partial charge in [0.2, 0.25) is 12.4 Å². The first-order chi connectivity index (χ1) is 6.31. The van der Waals surface area contributed by atoms with Crippen molar-refractivity contribution < 1.29 is 4.79 Å². The van der Waals surface area contributed by atoms with Crippen molar-refractivity contribution in [2.24, 2.45) is 0 Å². The van der Waals surface area contributed by atoms with Crippen LogP contribution in [0.25, 0.3) is 11.2 Å². The van der Waals surface area contributed by atoms with Crippen LogP contribution in [0.3, 0.4) is 0 Å². The minimum Gasteiger partial charge on any atom is -0.382 e. The van der Waals surface area contributed by atoms with Crippen molar-refractivity contribution in [3.8, 4) is 0 Å². The van der Waals surface area contributed by atoms with Gasteiger partial charge in [-0.05, 0) is 0 Å². The van der Waals surface area contributed by atoms with E-state index in [1.165, 1.54) is 6.33 Å². The van der Waals surface area contributed by atoms with E-state index in [4.69, 9.17) is 5.73 Å². The fourth-order valence-corrected chi connectivity index (χ4v) is 0.973. The number of rotatable bonds is 2. The zero-order chi connectivity index (χ0) is 9.26. The second-order valence-corrected chi connectivity index (χ2v) is 2.30. The molecular formula is C6H6N6O. The van der Waals surface area contributed by atoms with Gasteiger partial charge in [-0.2, -0.15) is 9.97 Å². The lowest BCUT2D eigenvalue weighted by Gasteiger charge is -1.98. The highest BCUT2D eigenvalue weighted by molar-refractivity contribution is 5.83. The monoisotopic (exact) mass is 178 g/mol. The van der Waals surface area contributed by atoms with Gasteiger partial charge in [-0.25, -0.2) is 4.98 Å². The minimum absolute atomic E-state index is 0.145. The van der Waals surface area contributed by atoms with Crippen LogP contribution >= 0.6 is 0 Å². The molecule has 7 heteroatoms. The summed E-state index contributed by atoms with van der Waals surface area (Å²) in [6.45, 7) is 0. The predicted molar refractivity (Wildman–Crippen MR) is 45.8 cm³/mol. The summed E-state index contributed by atoms with van der Waals surface area (Å²) < 4.78 is 0. The Kier molecular flexibility index (Phi) is 1.55. The summed E-state index contributed by atoms with van der Waals surface area (Å²) in [4.78, 5) is 24.5. The lowest BCUT2D eigenvalue weighted by atomic mass is 10.5. The average molecular weight is 178 g/mol. The van der Waals surface area contributed by atoms with E-state index < -0.39 is 0 Å². The number of nitrogen functional groups attached to an aromatic ring is 1. The number of anilines is 2. The summed E-state index contributed by atoms with van der Waals surface area (Å²) in [6, 6.07) is 0. The van der Waals surface area contributed by atoms with E-state index >= 15 is 0 Å². The fraction of sp³-hybridized carbons (Fsp3) is 0. The Labute approximate surface area is 72.4 Å². The molecule has 0 aliphatic heterocycles. The third-order valence-electron chi connectivity index (χ3n) is 1.50. The minimum atomic E-state index is 0.145. The number of carbonyl (C=O) groups excluding carboxylic acids is 1. The number of H-pyrrole nitrogens is 1. The van der Waals surface area contributed by atoms with Crippen molar-refractivity contribution in [1.82, 2.24) is 19.9 Å². The standard InChI is InChI=1S/C6H6N6O/c7-4-3-5(9-1-8-3)12-6(11-4)10-2-13/h1-2H,(H4,7,8,9,10,11,12,13). The average Bonchev–Trinajstić information content (AvgIpc) is 2.53. The number of hydrogen-bond acceptors (Lipinski definition) is 5. The number of nitrogens with two attached hydrogens (primary N) is 1. The van der Waals surface area contributed by atoms with Crippen molar-refractivity contribution in [1.29, 1.82) is 0 Å². The van der Waals surface area contributed by atoms with E-state index in [2.05, 4.69) is 25.3 Å². The molecule has 2 heterocycles. The van der Waals surface area contributed by atoms with Crippen molar-refractivity contribution in [2.75, 3.05) is 11.1 Å². The molecule has 0 saturated carbocycles. The van der Waals surface area contributed by atoms with Crippen LogP contribution in [0.5, 0.6) is 0 Å².